The van der Waals surface area contributed by atoms with E-state index in [9.17, 15) is 4.79 Å². The van der Waals surface area contributed by atoms with Crippen molar-refractivity contribution in [1.82, 2.24) is 9.88 Å². The molecule has 0 saturated carbocycles. The van der Waals surface area contributed by atoms with E-state index in [0.717, 1.165) is 65.2 Å². The van der Waals surface area contributed by atoms with Gasteiger partial charge in [0.1, 0.15) is 5.69 Å². The Labute approximate surface area is 166 Å². The third kappa shape index (κ3) is 3.05. The summed E-state index contributed by atoms with van der Waals surface area (Å²) in [6, 6.07) is 9.92. The van der Waals surface area contributed by atoms with Crippen LogP contribution in [0, 0.1) is 0 Å². The van der Waals surface area contributed by atoms with Crippen molar-refractivity contribution in [2.75, 3.05) is 19.9 Å². The molecule has 6 nitrogen and oxygen atoms in total. The third-order valence-corrected chi connectivity index (χ3v) is 6.19. The van der Waals surface area contributed by atoms with E-state index in [1.807, 2.05) is 40.6 Å². The zero-order chi connectivity index (χ0) is 19.1. The Hall–Kier alpha value is -2.80. The third-order valence-electron chi connectivity index (χ3n) is 5.32. The van der Waals surface area contributed by atoms with E-state index >= 15 is 0 Å². The van der Waals surface area contributed by atoms with Crippen LogP contribution < -0.4 is 9.47 Å². The summed E-state index contributed by atoms with van der Waals surface area (Å²) in [5.41, 5.74) is 1.77. The molecule has 0 spiro atoms. The van der Waals surface area contributed by atoms with Crippen molar-refractivity contribution >= 4 is 17.2 Å². The van der Waals surface area contributed by atoms with Gasteiger partial charge in [-0.05, 0) is 42.5 Å². The number of aromatic nitrogens is 1. The number of carbonyl (C=O) groups is 1. The predicted octanol–water partition coefficient (Wildman–Crippen LogP) is 4.52. The van der Waals surface area contributed by atoms with Crippen LogP contribution in [0.1, 0.15) is 31.6 Å². The molecule has 3 aromatic rings. The highest BCUT2D eigenvalue weighted by atomic mass is 32.1. The van der Waals surface area contributed by atoms with Gasteiger partial charge >= 0.3 is 0 Å². The van der Waals surface area contributed by atoms with E-state index in [4.69, 9.17) is 18.9 Å². The highest BCUT2D eigenvalue weighted by Gasteiger charge is 2.28. The van der Waals surface area contributed by atoms with Crippen LogP contribution in [-0.4, -0.2) is 35.7 Å². The Kier molecular flexibility index (Phi) is 4.31. The number of ether oxygens (including phenoxy) is 2. The van der Waals surface area contributed by atoms with Crippen LogP contribution in [-0.2, 0) is 4.79 Å². The summed E-state index contributed by atoms with van der Waals surface area (Å²) in [7, 11) is 0. The normalized spacial score (nSPS) is 16.5. The lowest BCUT2D eigenvalue weighted by atomic mass is 9.97. The van der Waals surface area contributed by atoms with Crippen LogP contribution in [0.15, 0.2) is 40.1 Å². The van der Waals surface area contributed by atoms with E-state index in [-0.39, 0.29) is 18.6 Å². The van der Waals surface area contributed by atoms with Crippen LogP contribution in [0.25, 0.3) is 21.9 Å². The number of hydrogen-bond acceptors (Lipinski definition) is 6. The number of carbonyl (C=O) groups excluding carboxylic acids is 1. The van der Waals surface area contributed by atoms with Crippen molar-refractivity contribution in [1.29, 1.82) is 0 Å². The van der Waals surface area contributed by atoms with Gasteiger partial charge in [0.25, 0.3) is 0 Å². The number of rotatable bonds is 3. The lowest BCUT2D eigenvalue weighted by Crippen LogP contribution is -2.36. The molecule has 5 rings (SSSR count). The first-order valence-electron chi connectivity index (χ1n) is 9.39. The summed E-state index contributed by atoms with van der Waals surface area (Å²) in [6.45, 7) is 3.36. The van der Waals surface area contributed by atoms with E-state index in [2.05, 4.69) is 0 Å². The second kappa shape index (κ2) is 6.98. The Bertz CT molecular complexity index is 1000. The van der Waals surface area contributed by atoms with Crippen molar-refractivity contribution in [2.24, 2.45) is 0 Å². The number of oxazole rings is 1. The molecule has 7 heteroatoms. The fraction of sp³-hybridized carbons (Fsp3) is 0.333. The molecule has 0 unspecified atom stereocenters. The van der Waals surface area contributed by atoms with Crippen molar-refractivity contribution < 1.29 is 18.7 Å². The van der Waals surface area contributed by atoms with Gasteiger partial charge in [0.05, 0.1) is 4.88 Å². The Balaban J connectivity index is 1.51. The number of thiophene rings is 1. The van der Waals surface area contributed by atoms with E-state index in [1.54, 1.807) is 18.3 Å². The van der Waals surface area contributed by atoms with Crippen molar-refractivity contribution in [3.8, 4) is 33.4 Å². The summed E-state index contributed by atoms with van der Waals surface area (Å²) in [5.74, 6) is 3.37. The fourth-order valence-electron chi connectivity index (χ4n) is 3.77. The molecule has 0 bridgehead atoms. The molecule has 144 valence electrons. The van der Waals surface area contributed by atoms with Gasteiger partial charge in [-0.1, -0.05) is 6.07 Å². The second-order valence-electron chi connectivity index (χ2n) is 7.06. The quantitative estimate of drug-likeness (QED) is 0.651. The van der Waals surface area contributed by atoms with Crippen LogP contribution in [0.3, 0.4) is 0 Å². The molecule has 1 amide bonds. The molecular weight excluding hydrogens is 376 g/mol. The average Bonchev–Trinajstić information content (AvgIpc) is 3.47. The molecular formula is C21H20N2O4S. The molecule has 2 aliphatic heterocycles. The maximum absolute atomic E-state index is 11.6. The van der Waals surface area contributed by atoms with Crippen molar-refractivity contribution in [2.45, 2.75) is 25.7 Å². The standard InChI is InChI=1S/C21H20N2O4S/c1-13(24)23-8-6-14(7-9-23)21-22-19(20(27-21)18-3-2-10-28-18)15-4-5-16-17(11-15)26-12-25-16/h2-5,10-11,14H,6-9,12H2,1H3. The largest absolute Gasteiger partial charge is 0.454 e. The SMILES string of the molecule is CC(=O)N1CCC(c2nc(-c3ccc4c(c3)OCO4)c(-c3cccs3)o2)CC1. The number of nitrogens with zero attached hydrogens (tertiary/aromatic N) is 2. The van der Waals surface area contributed by atoms with Gasteiger partial charge in [-0.15, -0.1) is 11.3 Å². The van der Waals surface area contributed by atoms with Gasteiger partial charge in [-0.2, -0.15) is 0 Å². The minimum Gasteiger partial charge on any atom is -0.454 e. The molecule has 0 atom stereocenters. The number of piperidine rings is 1. The molecule has 1 fully saturated rings. The zero-order valence-corrected chi connectivity index (χ0v) is 16.3. The number of hydrogen-bond donors (Lipinski definition) is 0. The maximum Gasteiger partial charge on any atom is 0.231 e. The van der Waals surface area contributed by atoms with Crippen molar-refractivity contribution in [3.63, 3.8) is 0 Å². The van der Waals surface area contributed by atoms with Crippen LogP contribution in [0.5, 0.6) is 11.5 Å². The van der Waals surface area contributed by atoms with Crippen molar-refractivity contribution in [3.05, 3.63) is 41.6 Å². The molecule has 4 heterocycles. The first-order chi connectivity index (χ1) is 13.7. The topological polar surface area (TPSA) is 64.8 Å². The fourth-order valence-corrected chi connectivity index (χ4v) is 4.47. The van der Waals surface area contributed by atoms with Gasteiger partial charge < -0.3 is 18.8 Å². The number of likely N-dealkylation sites (tertiary alicyclic amines) is 1. The minimum absolute atomic E-state index is 0.131. The summed E-state index contributed by atoms with van der Waals surface area (Å²) >= 11 is 1.63. The summed E-state index contributed by atoms with van der Waals surface area (Å²) < 4.78 is 17.3. The number of benzene rings is 1. The molecule has 0 aliphatic carbocycles. The Morgan fingerprint density at radius 1 is 1.18 bits per heavy atom. The lowest BCUT2D eigenvalue weighted by molar-refractivity contribution is -0.129. The predicted molar refractivity (Wildman–Crippen MR) is 106 cm³/mol. The monoisotopic (exact) mass is 396 g/mol. The number of fused-ring (bicyclic) bond motifs is 1. The molecule has 0 N–H and O–H groups in total. The number of amides is 1. The molecule has 2 aromatic heterocycles. The molecule has 28 heavy (non-hydrogen) atoms. The average molecular weight is 396 g/mol. The highest BCUT2D eigenvalue weighted by molar-refractivity contribution is 7.13. The van der Waals surface area contributed by atoms with Gasteiger partial charge in [0.2, 0.25) is 12.7 Å². The maximum atomic E-state index is 11.6. The Morgan fingerprint density at radius 2 is 2.00 bits per heavy atom. The van der Waals surface area contributed by atoms with Crippen LogP contribution in [0.4, 0.5) is 0 Å². The molecule has 0 radical (unpaired) electrons. The summed E-state index contributed by atoms with van der Waals surface area (Å²) in [6.07, 6.45) is 1.73. The first kappa shape index (κ1) is 17.3. The first-order valence-corrected chi connectivity index (χ1v) is 10.3. The minimum atomic E-state index is 0.131. The molecule has 1 aromatic carbocycles. The summed E-state index contributed by atoms with van der Waals surface area (Å²) in [5, 5.41) is 2.03. The summed E-state index contributed by atoms with van der Waals surface area (Å²) in [4.78, 5) is 19.4. The molecule has 2 aliphatic rings. The molecule has 1 saturated heterocycles. The van der Waals surface area contributed by atoms with Gasteiger partial charge in [-0.25, -0.2) is 4.98 Å². The van der Waals surface area contributed by atoms with Gasteiger partial charge in [0, 0.05) is 31.5 Å². The zero-order valence-electron chi connectivity index (χ0n) is 15.5. The second-order valence-corrected chi connectivity index (χ2v) is 8.00. The highest BCUT2D eigenvalue weighted by Crippen LogP contribution is 2.42. The van der Waals surface area contributed by atoms with E-state index < -0.39 is 0 Å². The van der Waals surface area contributed by atoms with Gasteiger partial charge in [-0.3, -0.25) is 4.79 Å². The Morgan fingerprint density at radius 3 is 2.75 bits per heavy atom. The van der Waals surface area contributed by atoms with E-state index in [1.165, 1.54) is 0 Å². The van der Waals surface area contributed by atoms with E-state index in [0.29, 0.717) is 0 Å². The lowest BCUT2D eigenvalue weighted by Gasteiger charge is -2.29. The van der Waals surface area contributed by atoms with Gasteiger partial charge in [0.15, 0.2) is 23.1 Å². The van der Waals surface area contributed by atoms with Crippen LogP contribution in [0.2, 0.25) is 0 Å². The van der Waals surface area contributed by atoms with Crippen LogP contribution >= 0.6 is 11.3 Å². The smallest absolute Gasteiger partial charge is 0.231 e.